The number of nitrogens with zero attached hydrogens (tertiary/aromatic N) is 1. The van der Waals surface area contributed by atoms with Gasteiger partial charge in [-0.05, 0) is 30.3 Å². The fourth-order valence-corrected chi connectivity index (χ4v) is 3.17. The molecule has 0 bridgehead atoms. The van der Waals surface area contributed by atoms with E-state index in [1.807, 2.05) is 0 Å². The summed E-state index contributed by atoms with van der Waals surface area (Å²) in [6, 6.07) is 7.69. The highest BCUT2D eigenvalue weighted by atomic mass is 35.5. The van der Waals surface area contributed by atoms with Gasteiger partial charge in [0.1, 0.15) is 4.90 Å². The van der Waals surface area contributed by atoms with E-state index in [1.165, 1.54) is 18.3 Å². The molecule has 1 aromatic heterocycles. The van der Waals surface area contributed by atoms with Crippen LogP contribution in [0.4, 0.5) is 5.69 Å². The van der Waals surface area contributed by atoms with E-state index in [0.29, 0.717) is 11.3 Å². The Morgan fingerprint density at radius 1 is 1.33 bits per heavy atom. The van der Waals surface area contributed by atoms with Crippen LogP contribution in [0.15, 0.2) is 47.6 Å². The van der Waals surface area contributed by atoms with Crippen LogP contribution >= 0.6 is 11.6 Å². The van der Waals surface area contributed by atoms with Gasteiger partial charge in [0.25, 0.3) is 10.0 Å². The minimum absolute atomic E-state index is 0.0219. The lowest BCUT2D eigenvalue weighted by molar-refractivity contribution is 0.601. The number of hydrogen-bond acceptors (Lipinski definition) is 4. The predicted molar refractivity (Wildman–Crippen MR) is 82.4 cm³/mol. The molecular weight excluding hydrogens is 310 g/mol. The van der Waals surface area contributed by atoms with Gasteiger partial charge in [-0.3, -0.25) is 9.71 Å². The molecule has 7 heteroatoms. The van der Waals surface area contributed by atoms with Crippen molar-refractivity contribution in [3.8, 4) is 11.8 Å². The fourth-order valence-electron chi connectivity index (χ4n) is 1.58. The smallest absolute Gasteiger partial charge is 0.263 e. The zero-order chi connectivity index (χ0) is 15.3. The summed E-state index contributed by atoms with van der Waals surface area (Å²) in [5.74, 6) is 5.46. The Morgan fingerprint density at radius 2 is 2.14 bits per heavy atom. The Labute approximate surface area is 128 Å². The molecule has 0 amide bonds. The normalized spacial score (nSPS) is 10.6. The summed E-state index contributed by atoms with van der Waals surface area (Å²) in [6.45, 7) is 0.222. The summed E-state index contributed by atoms with van der Waals surface area (Å²) in [5.41, 5.74) is 6.25. The van der Waals surface area contributed by atoms with Gasteiger partial charge < -0.3 is 5.73 Å². The fraction of sp³-hybridized carbons (Fsp3) is 0.0714. The summed E-state index contributed by atoms with van der Waals surface area (Å²) in [7, 11) is -3.78. The number of benzene rings is 1. The molecule has 0 saturated carbocycles. The van der Waals surface area contributed by atoms with Crippen LogP contribution in [-0.4, -0.2) is 19.9 Å². The number of aromatic nitrogens is 1. The van der Waals surface area contributed by atoms with E-state index in [0.717, 1.165) is 0 Å². The van der Waals surface area contributed by atoms with Gasteiger partial charge in [-0.1, -0.05) is 23.4 Å². The first-order valence-electron chi connectivity index (χ1n) is 5.94. The summed E-state index contributed by atoms with van der Waals surface area (Å²) in [4.78, 5) is 3.82. The summed E-state index contributed by atoms with van der Waals surface area (Å²) in [6.07, 6.45) is 2.96. The molecule has 2 rings (SSSR count). The van der Waals surface area contributed by atoms with Crippen molar-refractivity contribution in [1.29, 1.82) is 0 Å². The zero-order valence-electron chi connectivity index (χ0n) is 10.9. The monoisotopic (exact) mass is 321 g/mol. The first-order chi connectivity index (χ1) is 10.0. The Balaban J connectivity index is 2.32. The van der Waals surface area contributed by atoms with Crippen LogP contribution in [0.25, 0.3) is 0 Å². The maximum atomic E-state index is 12.3. The molecule has 0 spiro atoms. The van der Waals surface area contributed by atoms with Gasteiger partial charge in [0.15, 0.2) is 0 Å². The third-order valence-corrected chi connectivity index (χ3v) is 4.33. The van der Waals surface area contributed by atoms with E-state index in [1.54, 1.807) is 24.4 Å². The predicted octanol–water partition coefficient (Wildman–Crippen LogP) is 1.85. The minimum atomic E-state index is -3.78. The quantitative estimate of drug-likeness (QED) is 0.845. The molecule has 0 atom stereocenters. The average Bonchev–Trinajstić information content (AvgIpc) is 2.45. The van der Waals surface area contributed by atoms with Crippen molar-refractivity contribution < 1.29 is 8.42 Å². The van der Waals surface area contributed by atoms with Crippen LogP contribution < -0.4 is 10.5 Å². The zero-order valence-corrected chi connectivity index (χ0v) is 12.4. The molecule has 2 aromatic rings. The number of nitrogens with one attached hydrogen (secondary N) is 1. The Morgan fingerprint density at radius 3 is 2.76 bits per heavy atom. The minimum Gasteiger partial charge on any atom is -0.320 e. The second-order valence-corrected chi connectivity index (χ2v) is 6.06. The number of anilines is 1. The second-order valence-electron chi connectivity index (χ2n) is 4.00. The van der Waals surface area contributed by atoms with Crippen molar-refractivity contribution in [3.05, 3.63) is 53.3 Å². The van der Waals surface area contributed by atoms with Gasteiger partial charge in [0.05, 0.1) is 23.5 Å². The molecule has 5 nitrogen and oxygen atoms in total. The van der Waals surface area contributed by atoms with E-state index in [2.05, 4.69) is 21.5 Å². The van der Waals surface area contributed by atoms with Crippen molar-refractivity contribution in [2.24, 2.45) is 5.73 Å². The number of nitrogens with two attached hydrogens (primary N) is 1. The van der Waals surface area contributed by atoms with Crippen LogP contribution in [0.3, 0.4) is 0 Å². The number of rotatable bonds is 3. The lowest BCUT2D eigenvalue weighted by Crippen LogP contribution is -2.13. The third kappa shape index (κ3) is 3.95. The number of pyridine rings is 1. The highest BCUT2D eigenvalue weighted by Gasteiger charge is 2.18. The van der Waals surface area contributed by atoms with Crippen molar-refractivity contribution in [1.82, 2.24) is 4.98 Å². The van der Waals surface area contributed by atoms with Crippen molar-refractivity contribution >= 4 is 27.3 Å². The van der Waals surface area contributed by atoms with E-state index >= 15 is 0 Å². The maximum Gasteiger partial charge on any atom is 0.263 e. The summed E-state index contributed by atoms with van der Waals surface area (Å²) in [5, 5.41) is 0.0928. The molecule has 0 unspecified atom stereocenters. The molecule has 0 aliphatic heterocycles. The first-order valence-corrected chi connectivity index (χ1v) is 7.80. The van der Waals surface area contributed by atoms with E-state index < -0.39 is 10.0 Å². The summed E-state index contributed by atoms with van der Waals surface area (Å²) >= 11 is 6.03. The third-order valence-electron chi connectivity index (χ3n) is 2.47. The number of halogens is 1. The number of sulfonamides is 1. The molecule has 1 aromatic carbocycles. The van der Waals surface area contributed by atoms with Crippen molar-refractivity contribution in [2.75, 3.05) is 11.3 Å². The molecule has 3 N–H and O–H groups in total. The Bertz CT molecular complexity index is 796. The molecule has 0 saturated heterocycles. The molecule has 0 radical (unpaired) electrons. The Kier molecular flexibility index (Phi) is 4.81. The topological polar surface area (TPSA) is 85.1 Å². The van der Waals surface area contributed by atoms with Gasteiger partial charge in [-0.25, -0.2) is 8.42 Å². The SMILES string of the molecule is NCC#Cc1ccc(S(=O)(=O)Nc2cccnc2)c(Cl)c1. The van der Waals surface area contributed by atoms with Crippen LogP contribution in [0, 0.1) is 11.8 Å². The first kappa shape index (κ1) is 15.3. The lowest BCUT2D eigenvalue weighted by Gasteiger charge is -2.09. The lowest BCUT2D eigenvalue weighted by atomic mass is 10.2. The molecule has 108 valence electrons. The number of hydrogen-bond donors (Lipinski definition) is 2. The second kappa shape index (κ2) is 6.59. The molecule has 0 aliphatic rings. The van der Waals surface area contributed by atoms with Gasteiger partial charge in [-0.2, -0.15) is 0 Å². The molecule has 1 heterocycles. The van der Waals surface area contributed by atoms with Crippen LogP contribution in [0.5, 0.6) is 0 Å². The van der Waals surface area contributed by atoms with Gasteiger partial charge in [0, 0.05) is 11.8 Å². The van der Waals surface area contributed by atoms with Crippen LogP contribution in [0.2, 0.25) is 5.02 Å². The van der Waals surface area contributed by atoms with E-state index in [4.69, 9.17) is 17.3 Å². The highest BCUT2D eigenvalue weighted by molar-refractivity contribution is 7.92. The van der Waals surface area contributed by atoms with Gasteiger partial charge in [-0.15, -0.1) is 0 Å². The van der Waals surface area contributed by atoms with E-state index in [9.17, 15) is 8.42 Å². The molecular formula is C14H12ClN3O2S. The van der Waals surface area contributed by atoms with Crippen LogP contribution in [-0.2, 0) is 10.0 Å². The van der Waals surface area contributed by atoms with Gasteiger partial charge >= 0.3 is 0 Å². The highest BCUT2D eigenvalue weighted by Crippen LogP contribution is 2.24. The van der Waals surface area contributed by atoms with Crippen molar-refractivity contribution in [2.45, 2.75) is 4.90 Å². The van der Waals surface area contributed by atoms with E-state index in [-0.39, 0.29) is 16.5 Å². The van der Waals surface area contributed by atoms with Crippen molar-refractivity contribution in [3.63, 3.8) is 0 Å². The standard InChI is InChI=1S/C14H12ClN3O2S/c15-13-9-11(3-1-7-16)5-6-14(13)21(19,20)18-12-4-2-8-17-10-12/h2,4-6,8-10,18H,7,16H2. The van der Waals surface area contributed by atoms with Gasteiger partial charge in [0.2, 0.25) is 0 Å². The maximum absolute atomic E-state index is 12.3. The molecule has 0 fully saturated rings. The Hall–Kier alpha value is -2.07. The molecule has 21 heavy (non-hydrogen) atoms. The largest absolute Gasteiger partial charge is 0.320 e. The van der Waals surface area contributed by atoms with Crippen LogP contribution in [0.1, 0.15) is 5.56 Å². The molecule has 0 aliphatic carbocycles. The average molecular weight is 322 g/mol. The summed E-state index contributed by atoms with van der Waals surface area (Å²) < 4.78 is 26.9.